The van der Waals surface area contributed by atoms with Gasteiger partial charge in [0.05, 0.1) is 11.7 Å². The summed E-state index contributed by atoms with van der Waals surface area (Å²) in [6.45, 7) is 5.28. The van der Waals surface area contributed by atoms with Crippen LogP contribution in [0, 0.1) is 0 Å². The molecule has 0 aliphatic carbocycles. The number of nitrogens with one attached hydrogen (secondary N) is 1. The van der Waals surface area contributed by atoms with Gasteiger partial charge in [0, 0.05) is 31.9 Å². The van der Waals surface area contributed by atoms with Crippen molar-refractivity contribution < 1.29 is 5.11 Å². The third-order valence-corrected chi connectivity index (χ3v) is 3.21. The molecule has 4 N–H and O–H groups in total. The zero-order valence-corrected chi connectivity index (χ0v) is 10.1. The van der Waals surface area contributed by atoms with Crippen LogP contribution in [0.15, 0.2) is 6.20 Å². The third-order valence-electron chi connectivity index (χ3n) is 3.21. The first-order chi connectivity index (χ1) is 7.44. The minimum absolute atomic E-state index is 0.318. The monoisotopic (exact) mass is 224 g/mol. The topological polar surface area (TPSA) is 76.1 Å². The summed E-state index contributed by atoms with van der Waals surface area (Å²) >= 11 is 0. The number of hydrogen-bond donors (Lipinski definition) is 3. The zero-order chi connectivity index (χ0) is 11.9. The van der Waals surface area contributed by atoms with E-state index < -0.39 is 5.60 Å². The Morgan fingerprint density at radius 2 is 2.19 bits per heavy atom. The summed E-state index contributed by atoms with van der Waals surface area (Å²) in [5.74, 6) is 0.318. The molecule has 1 aromatic heterocycles. The minimum Gasteiger partial charge on any atom is -0.385 e. The average Bonchev–Trinajstić information content (AvgIpc) is 2.55. The van der Waals surface area contributed by atoms with Crippen molar-refractivity contribution in [3.05, 3.63) is 17.5 Å². The van der Waals surface area contributed by atoms with Crippen LogP contribution >= 0.6 is 0 Å². The second-order valence-electron chi connectivity index (χ2n) is 4.98. The lowest BCUT2D eigenvalue weighted by atomic mass is 9.83. The molecule has 1 aliphatic heterocycles. The number of nitrogens with two attached hydrogens (primary N) is 1. The van der Waals surface area contributed by atoms with Gasteiger partial charge in [0.1, 0.15) is 5.60 Å². The second-order valence-corrected chi connectivity index (χ2v) is 4.98. The molecule has 0 amide bonds. The maximum atomic E-state index is 10.2. The molecule has 1 atom stereocenters. The summed E-state index contributed by atoms with van der Waals surface area (Å²) in [7, 11) is 1.88. The van der Waals surface area contributed by atoms with Crippen LogP contribution in [0.4, 0.5) is 0 Å². The predicted molar refractivity (Wildman–Crippen MR) is 62.0 cm³/mol. The highest BCUT2D eigenvalue weighted by atomic mass is 16.3. The number of rotatable bonds is 3. The highest BCUT2D eigenvalue weighted by Crippen LogP contribution is 2.31. The smallest absolute Gasteiger partial charge is 0.109 e. The fraction of sp³-hybridized carbons (Fsp3) is 0.727. The van der Waals surface area contributed by atoms with E-state index in [0.29, 0.717) is 19.0 Å². The molecule has 1 aliphatic rings. The van der Waals surface area contributed by atoms with E-state index in [4.69, 9.17) is 5.73 Å². The molecule has 0 saturated carbocycles. The van der Waals surface area contributed by atoms with Crippen LogP contribution in [0.3, 0.4) is 0 Å². The number of aliphatic hydroxyl groups is 1. The normalized spacial score (nSPS) is 20.9. The number of aromatic nitrogens is 2. The molecule has 5 nitrogen and oxygen atoms in total. The zero-order valence-electron chi connectivity index (χ0n) is 10.1. The molecule has 0 spiro atoms. The van der Waals surface area contributed by atoms with Gasteiger partial charge in [-0.15, -0.1) is 0 Å². The van der Waals surface area contributed by atoms with Crippen LogP contribution in [0.5, 0.6) is 0 Å². The molecule has 0 bridgehead atoms. The van der Waals surface area contributed by atoms with E-state index >= 15 is 0 Å². The molecular weight excluding hydrogens is 204 g/mol. The first-order valence-corrected chi connectivity index (χ1v) is 5.66. The van der Waals surface area contributed by atoms with Gasteiger partial charge in [-0.3, -0.25) is 4.68 Å². The van der Waals surface area contributed by atoms with Crippen LogP contribution in [0.1, 0.15) is 37.1 Å². The molecule has 90 valence electrons. The van der Waals surface area contributed by atoms with E-state index in [1.165, 1.54) is 0 Å². The highest BCUT2D eigenvalue weighted by molar-refractivity contribution is 5.28. The Morgan fingerprint density at radius 1 is 1.56 bits per heavy atom. The third kappa shape index (κ3) is 1.75. The Bertz CT molecular complexity index is 381. The van der Waals surface area contributed by atoms with Crippen LogP contribution in [0.25, 0.3) is 0 Å². The van der Waals surface area contributed by atoms with Crippen molar-refractivity contribution in [3.8, 4) is 0 Å². The van der Waals surface area contributed by atoms with Crippen LogP contribution in [-0.2, 0) is 7.05 Å². The second kappa shape index (κ2) is 3.84. The first kappa shape index (κ1) is 11.6. The molecule has 2 heterocycles. The number of nitrogens with zero attached hydrogens (tertiary/aromatic N) is 2. The number of aryl methyl sites for hydroxylation is 1. The number of hydrogen-bond acceptors (Lipinski definition) is 4. The summed E-state index contributed by atoms with van der Waals surface area (Å²) in [4.78, 5) is 0. The fourth-order valence-electron chi connectivity index (χ4n) is 2.10. The average molecular weight is 224 g/mol. The number of β-amino-alcohol motifs (C(OH)–C–C–N with tert-alkyl or cyclic N) is 1. The summed E-state index contributed by atoms with van der Waals surface area (Å²) in [6, 6.07) is -0.361. The Labute approximate surface area is 95.6 Å². The predicted octanol–water partition coefficient (Wildman–Crippen LogP) is -0.122. The van der Waals surface area contributed by atoms with Gasteiger partial charge in [-0.05, 0) is 5.92 Å². The summed E-state index contributed by atoms with van der Waals surface area (Å²) in [5, 5.41) is 17.7. The van der Waals surface area contributed by atoms with Crippen molar-refractivity contribution >= 4 is 0 Å². The molecule has 1 saturated heterocycles. The molecule has 1 unspecified atom stereocenters. The summed E-state index contributed by atoms with van der Waals surface area (Å²) in [6.07, 6.45) is 1.91. The van der Waals surface area contributed by atoms with Gasteiger partial charge in [-0.25, -0.2) is 0 Å². The van der Waals surface area contributed by atoms with Crippen molar-refractivity contribution in [1.29, 1.82) is 0 Å². The largest absolute Gasteiger partial charge is 0.385 e. The van der Waals surface area contributed by atoms with Crippen molar-refractivity contribution in [1.82, 2.24) is 15.1 Å². The lowest BCUT2D eigenvalue weighted by molar-refractivity contribution is -0.0335. The van der Waals surface area contributed by atoms with Crippen molar-refractivity contribution in [2.75, 3.05) is 13.1 Å². The Hall–Kier alpha value is -0.910. The van der Waals surface area contributed by atoms with E-state index in [1.54, 1.807) is 4.68 Å². The molecule has 1 fully saturated rings. The Balaban J connectivity index is 2.32. The van der Waals surface area contributed by atoms with Crippen LogP contribution < -0.4 is 11.1 Å². The van der Waals surface area contributed by atoms with E-state index in [-0.39, 0.29) is 6.04 Å². The molecule has 2 rings (SSSR count). The van der Waals surface area contributed by atoms with Gasteiger partial charge in [0.25, 0.3) is 0 Å². The maximum absolute atomic E-state index is 10.2. The van der Waals surface area contributed by atoms with Gasteiger partial charge in [0.15, 0.2) is 0 Å². The lowest BCUT2D eigenvalue weighted by Crippen LogP contribution is -2.64. The lowest BCUT2D eigenvalue weighted by Gasteiger charge is -2.42. The fourth-order valence-corrected chi connectivity index (χ4v) is 2.10. The highest BCUT2D eigenvalue weighted by Gasteiger charge is 2.42. The van der Waals surface area contributed by atoms with Gasteiger partial charge in [-0.1, -0.05) is 13.8 Å². The van der Waals surface area contributed by atoms with Crippen molar-refractivity contribution in [2.24, 2.45) is 12.8 Å². The summed E-state index contributed by atoms with van der Waals surface area (Å²) < 4.78 is 1.76. The molecule has 5 heteroatoms. The maximum Gasteiger partial charge on any atom is 0.109 e. The van der Waals surface area contributed by atoms with Gasteiger partial charge in [-0.2, -0.15) is 5.10 Å². The van der Waals surface area contributed by atoms with Crippen molar-refractivity contribution in [2.45, 2.75) is 31.4 Å². The van der Waals surface area contributed by atoms with E-state index in [0.717, 1.165) is 11.3 Å². The quantitative estimate of drug-likeness (QED) is 0.669. The summed E-state index contributed by atoms with van der Waals surface area (Å²) in [5.41, 5.74) is 7.27. The van der Waals surface area contributed by atoms with Crippen LogP contribution in [-0.4, -0.2) is 33.6 Å². The Kier molecular flexibility index (Phi) is 2.77. The first-order valence-electron chi connectivity index (χ1n) is 5.66. The van der Waals surface area contributed by atoms with Gasteiger partial charge >= 0.3 is 0 Å². The van der Waals surface area contributed by atoms with E-state index in [9.17, 15) is 5.11 Å². The van der Waals surface area contributed by atoms with Crippen LogP contribution in [0.2, 0.25) is 0 Å². The minimum atomic E-state index is -0.813. The molecule has 16 heavy (non-hydrogen) atoms. The van der Waals surface area contributed by atoms with Crippen molar-refractivity contribution in [3.63, 3.8) is 0 Å². The van der Waals surface area contributed by atoms with E-state index in [1.807, 2.05) is 13.2 Å². The molecular formula is C11H20N4O. The molecule has 0 radical (unpaired) electrons. The SMILES string of the molecule is CC(C)c1nn(C)cc1C(N)C1(O)CNC1. The standard InChI is InChI=1S/C11H20N4O/c1-7(2)9-8(4-15(3)14-9)10(12)11(16)5-13-6-11/h4,7,10,13,16H,5-6,12H2,1-3H3. The molecule has 0 aromatic carbocycles. The van der Waals surface area contributed by atoms with Gasteiger partial charge in [0.2, 0.25) is 0 Å². The Morgan fingerprint density at radius 3 is 2.62 bits per heavy atom. The molecule has 1 aromatic rings. The van der Waals surface area contributed by atoms with E-state index in [2.05, 4.69) is 24.3 Å². The van der Waals surface area contributed by atoms with Gasteiger partial charge < -0.3 is 16.2 Å².